The quantitative estimate of drug-likeness (QED) is 0.360. The molecular weight excluding hydrogens is 493 g/mol. The van der Waals surface area contributed by atoms with Crippen molar-refractivity contribution >= 4 is 11.4 Å². The number of rotatable bonds is 4. The minimum absolute atomic E-state index is 0.0346. The second-order valence-electron chi connectivity index (χ2n) is 9.03. The summed E-state index contributed by atoms with van der Waals surface area (Å²) in [6, 6.07) is 4.93. The molecular formula is C21H19F7N2O3S. The molecule has 1 aromatic heterocycles. The molecule has 0 saturated carbocycles. The number of benzene rings is 1. The number of aromatic nitrogens is 1. The van der Waals surface area contributed by atoms with E-state index in [1.807, 2.05) is 0 Å². The highest BCUT2D eigenvalue weighted by Gasteiger charge is 2.70. The van der Waals surface area contributed by atoms with Crippen LogP contribution in [0.15, 0.2) is 30.3 Å². The number of alkyl halides is 6. The van der Waals surface area contributed by atoms with Crippen LogP contribution in [-0.4, -0.2) is 39.9 Å². The Hall–Kier alpha value is -2.09. The SMILES string of the molecule is CC(C)(C)[S@@+]([O-])NC1(C(F)(F)F)COc2c1cc(C1(C(F)(F)F)CO1)nc2-c1ccc(F)cc1. The summed E-state index contributed by atoms with van der Waals surface area (Å²) in [5, 5.41) is 0. The first-order valence-electron chi connectivity index (χ1n) is 9.94. The highest BCUT2D eigenvalue weighted by Crippen LogP contribution is 2.56. The summed E-state index contributed by atoms with van der Waals surface area (Å²) in [4.78, 5) is 3.96. The van der Waals surface area contributed by atoms with Crippen molar-refractivity contribution in [1.82, 2.24) is 9.71 Å². The molecule has 1 fully saturated rings. The summed E-state index contributed by atoms with van der Waals surface area (Å²) in [6.07, 6.45) is -10.1. The van der Waals surface area contributed by atoms with Crippen LogP contribution in [0.4, 0.5) is 30.7 Å². The first-order valence-corrected chi connectivity index (χ1v) is 11.1. The number of fused-ring (bicyclic) bond motifs is 1. The number of epoxide rings is 1. The van der Waals surface area contributed by atoms with Gasteiger partial charge in [-0.25, -0.2) is 9.37 Å². The number of nitrogens with zero attached hydrogens (tertiary/aromatic N) is 1. The fourth-order valence-corrected chi connectivity index (χ4v) is 4.39. The molecule has 1 aromatic carbocycles. The number of halogens is 7. The molecule has 2 unspecified atom stereocenters. The van der Waals surface area contributed by atoms with E-state index in [-0.39, 0.29) is 11.3 Å². The molecule has 13 heteroatoms. The first-order chi connectivity index (χ1) is 15.5. The van der Waals surface area contributed by atoms with Crippen molar-refractivity contribution in [3.8, 4) is 17.0 Å². The Morgan fingerprint density at radius 3 is 2.06 bits per heavy atom. The van der Waals surface area contributed by atoms with E-state index in [1.165, 1.54) is 20.8 Å². The lowest BCUT2D eigenvalue weighted by atomic mass is 9.89. The maximum absolute atomic E-state index is 14.5. The lowest BCUT2D eigenvalue weighted by Crippen LogP contribution is -2.60. The topological polar surface area (TPSA) is 69.7 Å². The molecule has 2 aromatic rings. The van der Waals surface area contributed by atoms with Crippen LogP contribution in [0.3, 0.4) is 0 Å². The van der Waals surface area contributed by atoms with Crippen LogP contribution in [-0.2, 0) is 27.2 Å². The molecule has 186 valence electrons. The van der Waals surface area contributed by atoms with E-state index in [0.717, 1.165) is 24.3 Å². The van der Waals surface area contributed by atoms with Gasteiger partial charge in [-0.1, -0.05) is 0 Å². The predicted molar refractivity (Wildman–Crippen MR) is 108 cm³/mol. The molecule has 4 rings (SSSR count). The average molecular weight is 512 g/mol. The van der Waals surface area contributed by atoms with E-state index in [2.05, 4.69) is 14.4 Å². The predicted octanol–water partition coefficient (Wildman–Crippen LogP) is 4.88. The number of hydrogen-bond donors (Lipinski definition) is 1. The van der Waals surface area contributed by atoms with Crippen molar-refractivity contribution < 1.29 is 44.8 Å². The number of nitrogens with one attached hydrogen (secondary N) is 1. The van der Waals surface area contributed by atoms with E-state index in [0.29, 0.717) is 6.07 Å². The molecule has 0 bridgehead atoms. The molecule has 3 atom stereocenters. The second kappa shape index (κ2) is 7.70. The van der Waals surface area contributed by atoms with Gasteiger partial charge in [0.25, 0.3) is 0 Å². The van der Waals surface area contributed by atoms with E-state index >= 15 is 0 Å². The van der Waals surface area contributed by atoms with Gasteiger partial charge >= 0.3 is 12.4 Å². The standard InChI is InChI=1S/C21H19F7N2O3S/c1-17(2,3)34(31)30-18(20(23,24)25)9-32-16-13(18)8-14(19(10-33-19)21(26,27)28)29-15(16)11-4-6-12(22)7-5-11/h4-8,30H,9-10H2,1-3H3/t18?,19?,34-/m1/s1. The normalized spacial score (nSPS) is 25.6. The van der Waals surface area contributed by atoms with Crippen molar-refractivity contribution in [1.29, 1.82) is 0 Å². The molecule has 3 heterocycles. The molecule has 0 aliphatic carbocycles. The average Bonchev–Trinajstić information content (AvgIpc) is 3.45. The second-order valence-corrected chi connectivity index (χ2v) is 11.0. The molecule has 5 nitrogen and oxygen atoms in total. The third kappa shape index (κ3) is 3.91. The zero-order chi connectivity index (χ0) is 25.3. The minimum atomic E-state index is -5.12. The fourth-order valence-electron chi connectivity index (χ4n) is 3.48. The van der Waals surface area contributed by atoms with Crippen molar-refractivity contribution in [3.05, 3.63) is 47.4 Å². The van der Waals surface area contributed by atoms with Crippen molar-refractivity contribution in [2.75, 3.05) is 13.2 Å². The highest BCUT2D eigenvalue weighted by atomic mass is 32.2. The molecule has 1 saturated heterocycles. The summed E-state index contributed by atoms with van der Waals surface area (Å²) in [5.74, 6) is -1.11. The third-order valence-corrected chi connectivity index (χ3v) is 7.24. The lowest BCUT2D eigenvalue weighted by molar-refractivity contribution is -0.196. The van der Waals surface area contributed by atoms with Gasteiger partial charge in [0.05, 0.1) is 12.3 Å². The zero-order valence-electron chi connectivity index (χ0n) is 18.0. The summed E-state index contributed by atoms with van der Waals surface area (Å²) < 4.78 is 122. The van der Waals surface area contributed by atoms with Crippen LogP contribution in [0, 0.1) is 5.82 Å². The van der Waals surface area contributed by atoms with Crippen molar-refractivity contribution in [3.63, 3.8) is 0 Å². The van der Waals surface area contributed by atoms with E-state index in [9.17, 15) is 35.3 Å². The summed E-state index contributed by atoms with van der Waals surface area (Å²) >= 11 is -2.28. The monoisotopic (exact) mass is 512 g/mol. The van der Waals surface area contributed by atoms with Crippen LogP contribution in [0.2, 0.25) is 0 Å². The number of ether oxygens (including phenoxy) is 2. The maximum Gasteiger partial charge on any atom is 0.425 e. The third-order valence-electron chi connectivity index (χ3n) is 5.60. The van der Waals surface area contributed by atoms with Crippen LogP contribution in [0.1, 0.15) is 32.0 Å². The number of hydrogen-bond acceptors (Lipinski definition) is 5. The van der Waals surface area contributed by atoms with Crippen LogP contribution < -0.4 is 9.46 Å². The smallest absolute Gasteiger partial charge is 0.425 e. The number of pyridine rings is 1. The van der Waals surface area contributed by atoms with Crippen LogP contribution >= 0.6 is 0 Å². The Labute approximate surface area is 193 Å². The Morgan fingerprint density at radius 2 is 1.59 bits per heavy atom. The molecule has 2 aliphatic rings. The summed E-state index contributed by atoms with van der Waals surface area (Å²) in [7, 11) is 0. The van der Waals surface area contributed by atoms with Crippen molar-refractivity contribution in [2.24, 2.45) is 0 Å². The van der Waals surface area contributed by atoms with Gasteiger partial charge in [0.15, 0.2) is 5.75 Å². The van der Waals surface area contributed by atoms with Gasteiger partial charge in [0.2, 0.25) is 11.1 Å². The minimum Gasteiger partial charge on any atom is -0.598 e. The first kappa shape index (κ1) is 25.0. The maximum atomic E-state index is 14.5. The molecule has 34 heavy (non-hydrogen) atoms. The molecule has 2 aliphatic heterocycles. The van der Waals surface area contributed by atoms with E-state index in [4.69, 9.17) is 4.74 Å². The summed E-state index contributed by atoms with van der Waals surface area (Å²) in [5.41, 5.74) is -7.80. The van der Waals surface area contributed by atoms with Gasteiger partial charge in [0, 0.05) is 22.5 Å². The Morgan fingerprint density at radius 1 is 1.00 bits per heavy atom. The van der Waals surface area contributed by atoms with E-state index < -0.39 is 75.6 Å². The Bertz CT molecular complexity index is 1100. The Balaban J connectivity index is 1.98. The molecule has 0 radical (unpaired) electrons. The van der Waals surface area contributed by atoms with Gasteiger partial charge in [-0.3, -0.25) is 0 Å². The van der Waals surface area contributed by atoms with Crippen LogP contribution in [0.25, 0.3) is 11.3 Å². The lowest BCUT2D eigenvalue weighted by Gasteiger charge is -2.35. The molecule has 0 amide bonds. The largest absolute Gasteiger partial charge is 0.598 e. The fraction of sp³-hybridized carbons (Fsp3) is 0.476. The molecule has 0 spiro atoms. The Kier molecular flexibility index (Phi) is 5.67. The molecule has 1 N–H and O–H groups in total. The van der Waals surface area contributed by atoms with E-state index in [1.54, 1.807) is 0 Å². The zero-order valence-corrected chi connectivity index (χ0v) is 18.8. The van der Waals surface area contributed by atoms with Gasteiger partial charge < -0.3 is 14.0 Å². The van der Waals surface area contributed by atoms with Gasteiger partial charge in [-0.15, -0.1) is 4.72 Å². The van der Waals surface area contributed by atoms with Gasteiger partial charge in [-0.05, 0) is 51.1 Å². The van der Waals surface area contributed by atoms with Crippen molar-refractivity contribution in [2.45, 2.75) is 49.0 Å². The highest BCUT2D eigenvalue weighted by molar-refractivity contribution is 7.90. The van der Waals surface area contributed by atoms with Gasteiger partial charge in [0.1, 0.15) is 22.9 Å². The van der Waals surface area contributed by atoms with Gasteiger partial charge in [-0.2, -0.15) is 26.3 Å². The van der Waals surface area contributed by atoms with Crippen LogP contribution in [0.5, 0.6) is 5.75 Å². The summed E-state index contributed by atoms with van der Waals surface area (Å²) in [6.45, 7) is 2.40.